The number of nitrogens with one attached hydrogen (secondary N) is 1. The molecule has 0 saturated carbocycles. The highest BCUT2D eigenvalue weighted by atomic mass is 19.1. The normalized spacial score (nSPS) is 16.5. The molecule has 0 bridgehead atoms. The molecule has 1 aliphatic rings. The van der Waals surface area contributed by atoms with E-state index in [0.717, 1.165) is 24.2 Å². The first-order chi connectivity index (χ1) is 14.1. The number of rotatable bonds is 4. The minimum Gasteiger partial charge on any atom is -0.338 e. The summed E-state index contributed by atoms with van der Waals surface area (Å²) in [4.78, 5) is 23.6. The lowest BCUT2D eigenvalue weighted by Gasteiger charge is -2.32. The highest BCUT2D eigenvalue weighted by molar-refractivity contribution is 5.94. The summed E-state index contributed by atoms with van der Waals surface area (Å²) in [6.45, 7) is 3.34. The van der Waals surface area contributed by atoms with Gasteiger partial charge in [0.05, 0.1) is 5.69 Å². The molecule has 29 heavy (non-hydrogen) atoms. The molecule has 0 spiro atoms. The number of likely N-dealkylation sites (tertiary alicyclic amines) is 1. The second kappa shape index (κ2) is 8.39. The van der Waals surface area contributed by atoms with Gasteiger partial charge in [0.25, 0.3) is 5.91 Å². The topological polar surface area (TPSA) is 58.1 Å². The first kappa shape index (κ1) is 19.1. The molecule has 4 rings (SSSR count). The van der Waals surface area contributed by atoms with Crippen LogP contribution in [0, 0.1) is 12.7 Å². The number of amides is 1. The average molecular weight is 390 g/mol. The maximum Gasteiger partial charge on any atom is 0.253 e. The minimum atomic E-state index is -0.340. The molecule has 5 nitrogen and oxygen atoms in total. The third-order valence-electron chi connectivity index (χ3n) is 5.20. The van der Waals surface area contributed by atoms with Gasteiger partial charge in [-0.25, -0.2) is 14.4 Å². The molecule has 148 valence electrons. The van der Waals surface area contributed by atoms with Gasteiger partial charge in [0, 0.05) is 36.5 Å². The number of carbonyl (C=O) groups is 1. The van der Waals surface area contributed by atoms with E-state index in [1.165, 1.54) is 29.8 Å². The predicted octanol–water partition coefficient (Wildman–Crippen LogP) is 4.69. The fourth-order valence-electron chi connectivity index (χ4n) is 3.60. The van der Waals surface area contributed by atoms with Crippen LogP contribution in [0.1, 0.15) is 40.4 Å². The van der Waals surface area contributed by atoms with E-state index in [-0.39, 0.29) is 17.6 Å². The van der Waals surface area contributed by atoms with Crippen molar-refractivity contribution in [1.82, 2.24) is 14.9 Å². The van der Waals surface area contributed by atoms with Crippen molar-refractivity contribution < 1.29 is 9.18 Å². The lowest BCUT2D eigenvalue weighted by molar-refractivity contribution is 0.0706. The molecule has 1 unspecified atom stereocenters. The number of benzene rings is 2. The van der Waals surface area contributed by atoms with Crippen molar-refractivity contribution in [2.24, 2.45) is 0 Å². The molecule has 0 radical (unpaired) electrons. The Morgan fingerprint density at radius 2 is 1.86 bits per heavy atom. The van der Waals surface area contributed by atoms with Gasteiger partial charge in [-0.2, -0.15) is 0 Å². The number of hydrogen-bond donors (Lipinski definition) is 1. The summed E-state index contributed by atoms with van der Waals surface area (Å²) in [6.07, 6.45) is 3.62. The molecule has 1 aliphatic heterocycles. The van der Waals surface area contributed by atoms with Crippen LogP contribution in [-0.2, 0) is 0 Å². The van der Waals surface area contributed by atoms with Gasteiger partial charge in [-0.1, -0.05) is 17.7 Å². The third kappa shape index (κ3) is 4.59. The highest BCUT2D eigenvalue weighted by Crippen LogP contribution is 2.27. The highest BCUT2D eigenvalue weighted by Gasteiger charge is 2.26. The molecule has 2 heterocycles. The Balaban J connectivity index is 1.47. The Morgan fingerprint density at radius 3 is 2.62 bits per heavy atom. The lowest BCUT2D eigenvalue weighted by Crippen LogP contribution is -2.39. The van der Waals surface area contributed by atoms with Crippen LogP contribution in [0.4, 0.5) is 16.0 Å². The summed E-state index contributed by atoms with van der Waals surface area (Å²) in [5.41, 5.74) is 3.56. The van der Waals surface area contributed by atoms with Gasteiger partial charge in [0.1, 0.15) is 5.82 Å². The lowest BCUT2D eigenvalue weighted by atomic mass is 9.94. The number of anilines is 2. The minimum absolute atomic E-state index is 0.0678. The predicted molar refractivity (Wildman–Crippen MR) is 111 cm³/mol. The van der Waals surface area contributed by atoms with Crippen LogP contribution < -0.4 is 5.32 Å². The van der Waals surface area contributed by atoms with Crippen molar-refractivity contribution in [3.8, 4) is 0 Å². The van der Waals surface area contributed by atoms with Crippen molar-refractivity contribution >= 4 is 17.5 Å². The van der Waals surface area contributed by atoms with Gasteiger partial charge >= 0.3 is 0 Å². The largest absolute Gasteiger partial charge is 0.338 e. The zero-order valence-corrected chi connectivity index (χ0v) is 16.3. The zero-order valence-electron chi connectivity index (χ0n) is 16.3. The van der Waals surface area contributed by atoms with E-state index < -0.39 is 0 Å². The first-order valence-electron chi connectivity index (χ1n) is 9.80. The maximum atomic E-state index is 13.1. The third-order valence-corrected chi connectivity index (χ3v) is 5.20. The van der Waals surface area contributed by atoms with E-state index in [2.05, 4.69) is 15.3 Å². The average Bonchev–Trinajstić information content (AvgIpc) is 2.76. The molecule has 3 aromatic rings. The Bertz CT molecular complexity index is 989. The molecule has 6 heteroatoms. The summed E-state index contributed by atoms with van der Waals surface area (Å²) in [5, 5.41) is 3.24. The SMILES string of the molecule is Cc1ccc(Nc2nccc(C3CCCN(C(=O)c4ccc(F)cc4)C3)n2)cc1. The van der Waals surface area contributed by atoms with E-state index in [0.29, 0.717) is 24.6 Å². The molecule has 1 atom stereocenters. The second-order valence-corrected chi connectivity index (χ2v) is 7.39. The van der Waals surface area contributed by atoms with E-state index in [1.54, 1.807) is 6.20 Å². The number of aryl methyl sites for hydroxylation is 1. The summed E-state index contributed by atoms with van der Waals surface area (Å²) in [6, 6.07) is 15.7. The number of carbonyl (C=O) groups excluding carboxylic acids is 1. The van der Waals surface area contributed by atoms with Crippen LogP contribution in [-0.4, -0.2) is 33.9 Å². The molecule has 1 amide bonds. The van der Waals surface area contributed by atoms with Crippen LogP contribution in [0.5, 0.6) is 0 Å². The Morgan fingerprint density at radius 1 is 1.10 bits per heavy atom. The van der Waals surface area contributed by atoms with Crippen molar-refractivity contribution in [1.29, 1.82) is 0 Å². The van der Waals surface area contributed by atoms with Crippen molar-refractivity contribution in [3.63, 3.8) is 0 Å². The van der Waals surface area contributed by atoms with Gasteiger partial charge in [0.15, 0.2) is 0 Å². The molecular formula is C23H23FN4O. The second-order valence-electron chi connectivity index (χ2n) is 7.39. The molecule has 0 aliphatic carbocycles. The summed E-state index contributed by atoms with van der Waals surface area (Å²) >= 11 is 0. The number of piperidine rings is 1. The molecule has 1 N–H and O–H groups in total. The molecule has 2 aromatic carbocycles. The standard InChI is InChI=1S/C23H23FN4O/c1-16-4-10-20(11-5-16)26-23-25-13-12-21(27-23)18-3-2-14-28(15-18)22(29)17-6-8-19(24)9-7-17/h4-13,18H,2-3,14-15H2,1H3,(H,25,26,27). The molecule has 1 fully saturated rings. The van der Waals surface area contributed by atoms with Crippen LogP contribution >= 0.6 is 0 Å². The number of hydrogen-bond acceptors (Lipinski definition) is 4. The van der Waals surface area contributed by atoms with E-state index in [1.807, 2.05) is 42.2 Å². The van der Waals surface area contributed by atoms with Gasteiger partial charge in [-0.3, -0.25) is 4.79 Å². The van der Waals surface area contributed by atoms with Crippen molar-refractivity contribution in [3.05, 3.63) is 83.4 Å². The summed E-state index contributed by atoms with van der Waals surface area (Å²) < 4.78 is 13.1. The fraction of sp³-hybridized carbons (Fsp3) is 0.261. The van der Waals surface area contributed by atoms with Crippen LogP contribution in [0.25, 0.3) is 0 Å². The van der Waals surface area contributed by atoms with Crippen LogP contribution in [0.2, 0.25) is 0 Å². The fourth-order valence-corrected chi connectivity index (χ4v) is 3.60. The van der Waals surface area contributed by atoms with Gasteiger partial charge in [0.2, 0.25) is 5.95 Å². The number of nitrogens with zero attached hydrogens (tertiary/aromatic N) is 3. The number of halogens is 1. The summed E-state index contributed by atoms with van der Waals surface area (Å²) in [5.74, 6) is 0.289. The first-order valence-corrected chi connectivity index (χ1v) is 9.80. The van der Waals surface area contributed by atoms with Crippen LogP contribution in [0.15, 0.2) is 60.8 Å². The Kier molecular flexibility index (Phi) is 5.51. The maximum absolute atomic E-state index is 13.1. The quantitative estimate of drug-likeness (QED) is 0.702. The number of aromatic nitrogens is 2. The van der Waals surface area contributed by atoms with Gasteiger partial charge < -0.3 is 10.2 Å². The molecule has 1 aromatic heterocycles. The van der Waals surface area contributed by atoms with E-state index in [4.69, 9.17) is 0 Å². The molecule has 1 saturated heterocycles. The Hall–Kier alpha value is -3.28. The summed E-state index contributed by atoms with van der Waals surface area (Å²) in [7, 11) is 0. The zero-order chi connectivity index (χ0) is 20.2. The van der Waals surface area contributed by atoms with Gasteiger partial charge in [-0.15, -0.1) is 0 Å². The van der Waals surface area contributed by atoms with E-state index in [9.17, 15) is 9.18 Å². The van der Waals surface area contributed by atoms with Crippen LogP contribution in [0.3, 0.4) is 0 Å². The van der Waals surface area contributed by atoms with E-state index >= 15 is 0 Å². The Labute approximate surface area is 169 Å². The monoisotopic (exact) mass is 390 g/mol. The molecular weight excluding hydrogens is 367 g/mol. The van der Waals surface area contributed by atoms with Crippen molar-refractivity contribution in [2.45, 2.75) is 25.7 Å². The smallest absolute Gasteiger partial charge is 0.253 e. The van der Waals surface area contributed by atoms with Gasteiger partial charge in [-0.05, 0) is 62.2 Å². The van der Waals surface area contributed by atoms with Crippen molar-refractivity contribution in [2.75, 3.05) is 18.4 Å².